The minimum absolute atomic E-state index is 0.146. The Morgan fingerprint density at radius 3 is 2.29 bits per heavy atom. The number of aromatic nitrogens is 3. The number of aryl methyl sites for hydroxylation is 1. The van der Waals surface area contributed by atoms with E-state index in [-0.39, 0.29) is 23.3 Å². The Labute approximate surface area is 203 Å². The van der Waals surface area contributed by atoms with Crippen molar-refractivity contribution >= 4 is 15.7 Å². The van der Waals surface area contributed by atoms with Crippen molar-refractivity contribution in [1.29, 1.82) is 0 Å². The zero-order chi connectivity index (χ0) is 24.8. The van der Waals surface area contributed by atoms with Crippen LogP contribution in [0.5, 0.6) is 6.01 Å². The molecule has 0 bridgehead atoms. The number of ether oxygens (including phenoxy) is 2. The Morgan fingerprint density at radius 1 is 0.943 bits per heavy atom. The van der Waals surface area contributed by atoms with E-state index in [1.165, 1.54) is 12.1 Å². The first-order valence-electron chi connectivity index (χ1n) is 11.0. The fraction of sp³-hybridized carbons (Fsp3) is 0.200. The van der Waals surface area contributed by atoms with Gasteiger partial charge in [0, 0.05) is 17.9 Å². The predicted molar refractivity (Wildman–Crippen MR) is 131 cm³/mol. The van der Waals surface area contributed by atoms with Crippen LogP contribution in [0.4, 0.5) is 10.1 Å². The summed E-state index contributed by atoms with van der Waals surface area (Å²) in [5.41, 5.74) is 2.63. The summed E-state index contributed by atoms with van der Waals surface area (Å²) in [5, 5.41) is 4.43. The summed E-state index contributed by atoms with van der Waals surface area (Å²) in [6, 6.07) is 19.3. The Morgan fingerprint density at radius 2 is 1.63 bits per heavy atom. The van der Waals surface area contributed by atoms with E-state index in [0.717, 1.165) is 5.56 Å². The topological polar surface area (TPSA) is 95.3 Å². The van der Waals surface area contributed by atoms with E-state index in [2.05, 4.69) is 14.8 Å². The van der Waals surface area contributed by atoms with Crippen molar-refractivity contribution in [2.75, 3.05) is 24.5 Å². The highest BCUT2D eigenvalue weighted by Gasteiger charge is 2.17. The van der Waals surface area contributed by atoms with Gasteiger partial charge < -0.3 is 9.47 Å². The van der Waals surface area contributed by atoms with E-state index in [9.17, 15) is 12.8 Å². The van der Waals surface area contributed by atoms with Crippen molar-refractivity contribution < 1.29 is 22.3 Å². The van der Waals surface area contributed by atoms with Crippen LogP contribution in [-0.4, -0.2) is 43.0 Å². The van der Waals surface area contributed by atoms with E-state index in [0.29, 0.717) is 36.0 Å². The van der Waals surface area contributed by atoms with Crippen LogP contribution < -0.4 is 9.46 Å². The summed E-state index contributed by atoms with van der Waals surface area (Å²) in [6.07, 6.45) is 0. The molecule has 4 rings (SSSR count). The number of sulfonamides is 1. The first kappa shape index (κ1) is 24.4. The lowest BCUT2D eigenvalue weighted by Gasteiger charge is -2.10. The average molecular weight is 497 g/mol. The van der Waals surface area contributed by atoms with Crippen LogP contribution in [0.1, 0.15) is 12.5 Å². The van der Waals surface area contributed by atoms with E-state index in [4.69, 9.17) is 9.47 Å². The molecule has 0 saturated heterocycles. The molecule has 0 atom stereocenters. The first-order chi connectivity index (χ1) is 16.9. The van der Waals surface area contributed by atoms with Crippen LogP contribution in [0.15, 0.2) is 77.7 Å². The molecule has 0 aliphatic rings. The van der Waals surface area contributed by atoms with Crippen molar-refractivity contribution in [2.45, 2.75) is 18.7 Å². The fourth-order valence-electron chi connectivity index (χ4n) is 3.26. The van der Waals surface area contributed by atoms with Gasteiger partial charge in [0.05, 0.1) is 17.2 Å². The van der Waals surface area contributed by atoms with Crippen LogP contribution in [0.2, 0.25) is 0 Å². The third-order valence-electron chi connectivity index (χ3n) is 5.05. The molecule has 0 radical (unpaired) electrons. The monoisotopic (exact) mass is 496 g/mol. The zero-order valence-electron chi connectivity index (χ0n) is 19.3. The lowest BCUT2D eigenvalue weighted by molar-refractivity contribution is 0.106. The number of benzene rings is 3. The number of nitrogens with one attached hydrogen (secondary N) is 1. The number of halogens is 1. The van der Waals surface area contributed by atoms with E-state index in [1.807, 2.05) is 13.8 Å². The molecule has 1 aromatic heterocycles. The van der Waals surface area contributed by atoms with Crippen molar-refractivity contribution in [3.63, 3.8) is 0 Å². The highest BCUT2D eigenvalue weighted by molar-refractivity contribution is 7.92. The second kappa shape index (κ2) is 10.7. The molecule has 35 heavy (non-hydrogen) atoms. The van der Waals surface area contributed by atoms with Gasteiger partial charge in [-0.05, 0) is 74.5 Å². The molecule has 8 nitrogen and oxygen atoms in total. The third-order valence-corrected chi connectivity index (χ3v) is 6.45. The molecular weight excluding hydrogens is 471 g/mol. The van der Waals surface area contributed by atoms with Crippen molar-refractivity contribution in [2.24, 2.45) is 0 Å². The van der Waals surface area contributed by atoms with E-state index < -0.39 is 10.0 Å². The smallest absolute Gasteiger partial charge is 0.336 e. The molecule has 0 amide bonds. The summed E-state index contributed by atoms with van der Waals surface area (Å²) < 4.78 is 53.9. The summed E-state index contributed by atoms with van der Waals surface area (Å²) in [4.78, 5) is 4.63. The summed E-state index contributed by atoms with van der Waals surface area (Å²) in [7, 11) is -3.73. The quantitative estimate of drug-likeness (QED) is 0.323. The lowest BCUT2D eigenvalue weighted by atomic mass is 10.2. The van der Waals surface area contributed by atoms with Crippen molar-refractivity contribution in [3.8, 4) is 23.1 Å². The van der Waals surface area contributed by atoms with Crippen LogP contribution in [0, 0.1) is 12.7 Å². The molecule has 0 unspecified atom stereocenters. The van der Waals surface area contributed by atoms with Gasteiger partial charge in [-0.2, -0.15) is 4.98 Å². The van der Waals surface area contributed by atoms with E-state index >= 15 is 0 Å². The highest BCUT2D eigenvalue weighted by Crippen LogP contribution is 2.25. The Hall–Kier alpha value is -3.76. The number of nitrogens with zero attached hydrogens (tertiary/aromatic N) is 3. The van der Waals surface area contributed by atoms with Crippen molar-refractivity contribution in [1.82, 2.24) is 14.8 Å². The highest BCUT2D eigenvalue weighted by atomic mass is 32.2. The zero-order valence-corrected chi connectivity index (χ0v) is 20.1. The second-order valence-corrected chi connectivity index (χ2v) is 9.33. The molecule has 10 heteroatoms. The Bertz CT molecular complexity index is 1370. The van der Waals surface area contributed by atoms with E-state index in [1.54, 1.807) is 65.3 Å². The number of hydrogen-bond donors (Lipinski definition) is 1. The molecule has 4 aromatic rings. The lowest BCUT2D eigenvalue weighted by Crippen LogP contribution is -2.13. The van der Waals surface area contributed by atoms with Gasteiger partial charge in [0.15, 0.2) is 5.82 Å². The van der Waals surface area contributed by atoms with Gasteiger partial charge in [-0.3, -0.25) is 4.72 Å². The molecular formula is C25H25FN4O4S. The predicted octanol–water partition coefficient (Wildman–Crippen LogP) is 4.60. The molecule has 0 aliphatic heterocycles. The van der Waals surface area contributed by atoms with Gasteiger partial charge in [0.1, 0.15) is 12.4 Å². The van der Waals surface area contributed by atoms with Gasteiger partial charge in [-0.1, -0.05) is 17.7 Å². The molecule has 1 heterocycles. The van der Waals surface area contributed by atoms with Gasteiger partial charge in [0.25, 0.3) is 10.0 Å². The molecule has 0 spiro atoms. The summed E-state index contributed by atoms with van der Waals surface area (Å²) >= 11 is 0. The Kier molecular flexibility index (Phi) is 7.42. The molecule has 0 fully saturated rings. The van der Waals surface area contributed by atoms with Crippen LogP contribution in [0.3, 0.4) is 0 Å². The van der Waals surface area contributed by atoms with Crippen LogP contribution in [0.25, 0.3) is 17.1 Å². The molecule has 182 valence electrons. The van der Waals surface area contributed by atoms with Crippen LogP contribution in [-0.2, 0) is 14.8 Å². The normalized spacial score (nSPS) is 11.4. The van der Waals surface area contributed by atoms with Crippen molar-refractivity contribution in [3.05, 3.63) is 84.2 Å². The van der Waals surface area contributed by atoms with Gasteiger partial charge in [-0.25, -0.2) is 17.5 Å². The summed E-state index contributed by atoms with van der Waals surface area (Å²) in [5.74, 6) is 0.0858. The van der Waals surface area contributed by atoms with Gasteiger partial charge in [-0.15, -0.1) is 5.10 Å². The molecule has 3 aromatic carbocycles. The van der Waals surface area contributed by atoms with Gasteiger partial charge in [0.2, 0.25) is 0 Å². The van der Waals surface area contributed by atoms with Gasteiger partial charge >= 0.3 is 6.01 Å². The van der Waals surface area contributed by atoms with Crippen LogP contribution >= 0.6 is 0 Å². The average Bonchev–Trinajstić information content (AvgIpc) is 3.27. The summed E-state index contributed by atoms with van der Waals surface area (Å²) in [6.45, 7) is 5.03. The fourth-order valence-corrected chi connectivity index (χ4v) is 4.32. The number of anilines is 1. The molecule has 1 N–H and O–H groups in total. The SMILES string of the molecule is CCOCCOc1nc(-c2ccc(F)cc2)n(-c2ccc(NS(=O)(=O)c3ccc(C)cc3)cc2)n1. The largest absolute Gasteiger partial charge is 0.460 e. The maximum Gasteiger partial charge on any atom is 0.336 e. The number of hydrogen-bond acceptors (Lipinski definition) is 6. The maximum atomic E-state index is 13.5. The number of rotatable bonds is 10. The minimum atomic E-state index is -3.73. The first-order valence-corrected chi connectivity index (χ1v) is 12.5. The standard InChI is InChI=1S/C25H25FN4O4S/c1-3-33-16-17-34-25-27-24(19-6-8-20(26)9-7-19)30(28-25)22-12-10-21(11-13-22)29-35(31,32)23-14-4-18(2)5-15-23/h4-15,29H,3,16-17H2,1-2H3. The molecule has 0 saturated carbocycles. The minimum Gasteiger partial charge on any atom is -0.460 e. The maximum absolute atomic E-state index is 13.5. The third kappa shape index (κ3) is 6.03. The Balaban J connectivity index is 1.60. The second-order valence-electron chi connectivity index (χ2n) is 7.65. The molecule has 0 aliphatic carbocycles.